The van der Waals surface area contributed by atoms with Gasteiger partial charge >= 0.3 is 5.97 Å². The molecule has 0 aliphatic rings. The van der Waals surface area contributed by atoms with E-state index in [4.69, 9.17) is 10.8 Å². The summed E-state index contributed by atoms with van der Waals surface area (Å²) in [4.78, 5) is 21.8. The summed E-state index contributed by atoms with van der Waals surface area (Å²) < 4.78 is 0. The summed E-state index contributed by atoms with van der Waals surface area (Å²) in [7, 11) is 0. The van der Waals surface area contributed by atoms with Gasteiger partial charge in [-0.05, 0) is 38.1 Å². The van der Waals surface area contributed by atoms with Crippen LogP contribution >= 0.6 is 0 Å². The van der Waals surface area contributed by atoms with E-state index in [1.165, 1.54) is 0 Å². The van der Waals surface area contributed by atoms with E-state index in [1.807, 2.05) is 0 Å². The quantitative estimate of drug-likeness (QED) is 0.473. The molecule has 5 nitrogen and oxygen atoms in total. The lowest BCUT2D eigenvalue weighted by molar-refractivity contribution is -0.137. The Morgan fingerprint density at radius 2 is 1.79 bits per heavy atom. The highest BCUT2D eigenvalue weighted by Crippen LogP contribution is 2.08. The van der Waals surface area contributed by atoms with Crippen LogP contribution in [0.5, 0.6) is 0 Å². The van der Waals surface area contributed by atoms with Crippen LogP contribution in [-0.4, -0.2) is 30.1 Å². The predicted molar refractivity (Wildman–Crippen MR) is 75.8 cm³/mol. The van der Waals surface area contributed by atoms with Crippen LogP contribution in [0.25, 0.3) is 0 Å². The minimum atomic E-state index is -0.736. The summed E-state index contributed by atoms with van der Waals surface area (Å²) in [5.41, 5.74) is 5.46. The van der Waals surface area contributed by atoms with Gasteiger partial charge in [-0.2, -0.15) is 0 Å². The molecule has 0 aromatic rings. The molecular formula is C14H28N2O3. The molecule has 0 aliphatic heterocycles. The second kappa shape index (κ2) is 12.0. The van der Waals surface area contributed by atoms with E-state index < -0.39 is 5.97 Å². The number of carboxylic acid groups (broad SMARTS) is 1. The number of carboxylic acids is 1. The van der Waals surface area contributed by atoms with Crippen molar-refractivity contribution in [3.63, 3.8) is 0 Å². The van der Waals surface area contributed by atoms with Gasteiger partial charge in [-0.3, -0.25) is 9.59 Å². The molecule has 0 heterocycles. The number of unbranched alkanes of at least 4 members (excludes halogenated alkanes) is 3. The maximum Gasteiger partial charge on any atom is 0.303 e. The minimum absolute atomic E-state index is 0.106. The van der Waals surface area contributed by atoms with Gasteiger partial charge in [-0.25, -0.2) is 0 Å². The van der Waals surface area contributed by atoms with Crippen LogP contribution in [0.4, 0.5) is 0 Å². The summed E-state index contributed by atoms with van der Waals surface area (Å²) in [6, 6.07) is 0. The summed E-state index contributed by atoms with van der Waals surface area (Å²) in [6.07, 6.45) is 6.19. The molecule has 0 fully saturated rings. The Kier molecular flexibility index (Phi) is 11.3. The summed E-state index contributed by atoms with van der Waals surface area (Å²) in [5.74, 6) is -0.124. The van der Waals surface area contributed by atoms with Crippen molar-refractivity contribution in [3.05, 3.63) is 0 Å². The summed E-state index contributed by atoms with van der Waals surface area (Å²) in [5, 5.41) is 11.4. The highest BCUT2D eigenvalue weighted by Gasteiger charge is 2.05. The van der Waals surface area contributed by atoms with E-state index in [9.17, 15) is 9.59 Å². The van der Waals surface area contributed by atoms with Gasteiger partial charge in [0.2, 0.25) is 5.91 Å². The molecular weight excluding hydrogens is 244 g/mol. The van der Waals surface area contributed by atoms with Crippen molar-refractivity contribution < 1.29 is 14.7 Å². The number of nitrogens with one attached hydrogen (secondary N) is 1. The van der Waals surface area contributed by atoms with Crippen molar-refractivity contribution >= 4 is 11.9 Å². The third kappa shape index (κ3) is 13.1. The third-order valence-corrected chi connectivity index (χ3v) is 3.16. The van der Waals surface area contributed by atoms with Crippen molar-refractivity contribution in [2.75, 3.05) is 13.1 Å². The SMILES string of the molecule is CC(CCN)CCC(=O)NCCCCCCC(=O)O. The molecule has 4 N–H and O–H groups in total. The minimum Gasteiger partial charge on any atom is -0.481 e. The number of aliphatic carboxylic acids is 1. The van der Waals surface area contributed by atoms with E-state index in [1.54, 1.807) is 0 Å². The van der Waals surface area contributed by atoms with E-state index >= 15 is 0 Å². The van der Waals surface area contributed by atoms with Gasteiger partial charge < -0.3 is 16.2 Å². The largest absolute Gasteiger partial charge is 0.481 e. The molecule has 0 saturated carbocycles. The predicted octanol–water partition coefficient (Wildman–Crippen LogP) is 1.90. The molecule has 0 aliphatic carbocycles. The van der Waals surface area contributed by atoms with Crippen molar-refractivity contribution in [1.82, 2.24) is 5.32 Å². The Hall–Kier alpha value is -1.10. The maximum absolute atomic E-state index is 11.5. The van der Waals surface area contributed by atoms with Crippen LogP contribution in [0.3, 0.4) is 0 Å². The Labute approximate surface area is 115 Å². The number of hydrogen-bond donors (Lipinski definition) is 3. The first-order valence-corrected chi connectivity index (χ1v) is 7.24. The van der Waals surface area contributed by atoms with Gasteiger partial charge in [0.1, 0.15) is 0 Å². The maximum atomic E-state index is 11.5. The summed E-state index contributed by atoms with van der Waals surface area (Å²) in [6.45, 7) is 3.49. The van der Waals surface area contributed by atoms with Crippen LogP contribution in [0.2, 0.25) is 0 Å². The Morgan fingerprint density at radius 1 is 1.11 bits per heavy atom. The number of rotatable bonds is 12. The smallest absolute Gasteiger partial charge is 0.303 e. The number of carbonyl (C=O) groups is 2. The molecule has 1 atom stereocenters. The van der Waals surface area contributed by atoms with Gasteiger partial charge in [0.25, 0.3) is 0 Å². The molecule has 0 rings (SSSR count). The molecule has 0 radical (unpaired) electrons. The zero-order valence-electron chi connectivity index (χ0n) is 12.0. The second-order valence-corrected chi connectivity index (χ2v) is 5.13. The first-order valence-electron chi connectivity index (χ1n) is 7.24. The normalized spacial score (nSPS) is 12.1. The molecule has 1 unspecified atom stereocenters. The highest BCUT2D eigenvalue weighted by molar-refractivity contribution is 5.75. The Balaban J connectivity index is 3.31. The number of carbonyl (C=O) groups excluding carboxylic acids is 1. The van der Waals surface area contributed by atoms with Crippen molar-refractivity contribution in [2.24, 2.45) is 11.7 Å². The second-order valence-electron chi connectivity index (χ2n) is 5.13. The van der Waals surface area contributed by atoms with Crippen LogP contribution in [0.15, 0.2) is 0 Å². The highest BCUT2D eigenvalue weighted by atomic mass is 16.4. The monoisotopic (exact) mass is 272 g/mol. The topological polar surface area (TPSA) is 92.4 Å². The fraction of sp³-hybridized carbons (Fsp3) is 0.857. The first-order chi connectivity index (χ1) is 9.06. The van der Waals surface area contributed by atoms with E-state index in [-0.39, 0.29) is 12.3 Å². The molecule has 0 saturated heterocycles. The standard InChI is InChI=1S/C14H28N2O3/c1-12(9-10-15)7-8-13(17)16-11-5-3-2-4-6-14(18)19/h12H,2-11,15H2,1H3,(H,16,17)(H,18,19). The molecule has 5 heteroatoms. The van der Waals surface area contributed by atoms with Crippen LogP contribution in [-0.2, 0) is 9.59 Å². The van der Waals surface area contributed by atoms with Gasteiger partial charge in [0.05, 0.1) is 0 Å². The van der Waals surface area contributed by atoms with Gasteiger partial charge in [-0.1, -0.05) is 19.8 Å². The molecule has 0 spiro atoms. The van der Waals surface area contributed by atoms with Gasteiger partial charge in [0.15, 0.2) is 0 Å². The molecule has 0 aromatic carbocycles. The molecule has 0 aromatic heterocycles. The van der Waals surface area contributed by atoms with Gasteiger partial charge in [-0.15, -0.1) is 0 Å². The molecule has 0 bridgehead atoms. The first kappa shape index (κ1) is 17.9. The van der Waals surface area contributed by atoms with Crippen LogP contribution < -0.4 is 11.1 Å². The van der Waals surface area contributed by atoms with Crippen molar-refractivity contribution in [2.45, 2.75) is 58.3 Å². The Morgan fingerprint density at radius 3 is 2.42 bits per heavy atom. The third-order valence-electron chi connectivity index (χ3n) is 3.16. The zero-order valence-corrected chi connectivity index (χ0v) is 12.0. The number of hydrogen-bond acceptors (Lipinski definition) is 3. The average Bonchev–Trinajstić information content (AvgIpc) is 2.35. The fourth-order valence-electron chi connectivity index (χ4n) is 1.88. The Bertz CT molecular complexity index is 257. The van der Waals surface area contributed by atoms with E-state index in [0.29, 0.717) is 25.4 Å². The lowest BCUT2D eigenvalue weighted by Gasteiger charge is -2.09. The van der Waals surface area contributed by atoms with E-state index in [2.05, 4.69) is 12.2 Å². The lowest BCUT2D eigenvalue weighted by Crippen LogP contribution is -2.24. The van der Waals surface area contributed by atoms with Gasteiger partial charge in [0, 0.05) is 19.4 Å². The molecule has 1 amide bonds. The van der Waals surface area contributed by atoms with Crippen molar-refractivity contribution in [3.8, 4) is 0 Å². The van der Waals surface area contributed by atoms with Crippen molar-refractivity contribution in [1.29, 1.82) is 0 Å². The zero-order chi connectivity index (χ0) is 14.5. The average molecular weight is 272 g/mol. The number of amides is 1. The van der Waals surface area contributed by atoms with Crippen LogP contribution in [0, 0.1) is 5.92 Å². The van der Waals surface area contributed by atoms with Crippen LogP contribution in [0.1, 0.15) is 58.3 Å². The molecule has 112 valence electrons. The molecule has 19 heavy (non-hydrogen) atoms. The summed E-state index contributed by atoms with van der Waals surface area (Å²) >= 11 is 0. The van der Waals surface area contributed by atoms with E-state index in [0.717, 1.165) is 38.5 Å². The number of nitrogens with two attached hydrogens (primary N) is 1. The fourth-order valence-corrected chi connectivity index (χ4v) is 1.88. The lowest BCUT2D eigenvalue weighted by atomic mass is 10.0.